The quantitative estimate of drug-likeness (QED) is 0.916. The van der Waals surface area contributed by atoms with Gasteiger partial charge < -0.3 is 14.6 Å². The van der Waals surface area contributed by atoms with Crippen LogP contribution in [-0.2, 0) is 6.54 Å². The van der Waals surface area contributed by atoms with E-state index in [2.05, 4.69) is 17.2 Å². The normalized spacial score (nSPS) is 15.1. The highest BCUT2D eigenvalue weighted by Crippen LogP contribution is 2.34. The van der Waals surface area contributed by atoms with Gasteiger partial charge in [-0.15, -0.1) is 5.10 Å². The highest BCUT2D eigenvalue weighted by molar-refractivity contribution is 5.45. The first-order valence-electron chi connectivity index (χ1n) is 6.75. The van der Waals surface area contributed by atoms with Crippen molar-refractivity contribution in [3.63, 3.8) is 0 Å². The molecule has 0 radical (unpaired) electrons. The molecule has 106 valence electrons. The topological polar surface area (TPSA) is 69.4 Å². The Labute approximate surface area is 116 Å². The second kappa shape index (κ2) is 5.50. The molecule has 20 heavy (non-hydrogen) atoms. The Kier molecular flexibility index (Phi) is 3.56. The number of aryl methyl sites for hydroxylation is 1. The largest absolute Gasteiger partial charge is 0.486 e. The molecule has 3 rings (SSSR count). The lowest BCUT2D eigenvalue weighted by molar-refractivity contribution is 0.169. The van der Waals surface area contributed by atoms with E-state index in [0.717, 1.165) is 18.5 Å². The summed E-state index contributed by atoms with van der Waals surface area (Å²) in [5.41, 5.74) is 1.43. The number of hydrogen-bond acceptors (Lipinski definition) is 5. The number of aliphatic hydroxyl groups is 1. The highest BCUT2D eigenvalue weighted by atomic mass is 16.6. The molecule has 1 aliphatic rings. The van der Waals surface area contributed by atoms with Crippen molar-refractivity contribution in [1.29, 1.82) is 0 Å². The first-order chi connectivity index (χ1) is 9.79. The lowest BCUT2D eigenvalue weighted by atomic mass is 10.1. The van der Waals surface area contributed by atoms with Crippen LogP contribution >= 0.6 is 0 Å². The van der Waals surface area contributed by atoms with Crippen LogP contribution in [0.4, 0.5) is 0 Å². The van der Waals surface area contributed by atoms with Gasteiger partial charge in [-0.2, -0.15) is 0 Å². The zero-order chi connectivity index (χ0) is 13.9. The van der Waals surface area contributed by atoms with Gasteiger partial charge in [0.05, 0.1) is 11.9 Å². The predicted octanol–water partition coefficient (Wildman–Crippen LogP) is 1.54. The average Bonchev–Trinajstić information content (AvgIpc) is 2.94. The van der Waals surface area contributed by atoms with Gasteiger partial charge in [-0.25, -0.2) is 4.68 Å². The van der Waals surface area contributed by atoms with Gasteiger partial charge in [-0.05, 0) is 24.1 Å². The van der Waals surface area contributed by atoms with Crippen LogP contribution in [0, 0.1) is 0 Å². The van der Waals surface area contributed by atoms with Gasteiger partial charge in [-0.3, -0.25) is 0 Å². The lowest BCUT2D eigenvalue weighted by Gasteiger charge is -2.20. The molecular weight excluding hydrogens is 258 g/mol. The average molecular weight is 275 g/mol. The zero-order valence-corrected chi connectivity index (χ0v) is 11.3. The third-order valence-electron chi connectivity index (χ3n) is 3.25. The first kappa shape index (κ1) is 12.9. The molecule has 0 saturated carbocycles. The van der Waals surface area contributed by atoms with Crippen LogP contribution in [0.25, 0.3) is 0 Å². The van der Waals surface area contributed by atoms with Crippen LogP contribution in [0.15, 0.2) is 24.4 Å². The number of hydrogen-bond donors (Lipinski definition) is 1. The SMILES string of the molecule is CCCn1nncc1C(O)c1ccc2c(c1)OCCO2. The van der Waals surface area contributed by atoms with E-state index in [9.17, 15) is 5.11 Å². The van der Waals surface area contributed by atoms with Gasteiger partial charge in [0.15, 0.2) is 11.5 Å². The summed E-state index contributed by atoms with van der Waals surface area (Å²) < 4.78 is 12.7. The van der Waals surface area contributed by atoms with E-state index >= 15 is 0 Å². The fraction of sp³-hybridized carbons (Fsp3) is 0.429. The smallest absolute Gasteiger partial charge is 0.161 e. The highest BCUT2D eigenvalue weighted by Gasteiger charge is 2.19. The fourth-order valence-corrected chi connectivity index (χ4v) is 2.26. The zero-order valence-electron chi connectivity index (χ0n) is 11.3. The summed E-state index contributed by atoms with van der Waals surface area (Å²) in [6.07, 6.45) is 1.76. The van der Waals surface area contributed by atoms with Gasteiger partial charge in [-0.1, -0.05) is 18.2 Å². The minimum absolute atomic E-state index is 0.530. The molecule has 1 aliphatic heterocycles. The molecule has 0 saturated heterocycles. The third-order valence-corrected chi connectivity index (χ3v) is 3.25. The fourth-order valence-electron chi connectivity index (χ4n) is 2.26. The van der Waals surface area contributed by atoms with E-state index in [1.165, 1.54) is 0 Å². The number of ether oxygens (including phenoxy) is 2. The van der Waals surface area contributed by atoms with E-state index in [-0.39, 0.29) is 0 Å². The molecule has 0 spiro atoms. The number of aromatic nitrogens is 3. The molecule has 1 N–H and O–H groups in total. The predicted molar refractivity (Wildman–Crippen MR) is 71.8 cm³/mol. The molecule has 6 nitrogen and oxygen atoms in total. The number of benzene rings is 1. The van der Waals surface area contributed by atoms with Gasteiger partial charge in [0, 0.05) is 6.54 Å². The molecule has 1 unspecified atom stereocenters. The molecule has 1 atom stereocenters. The number of aliphatic hydroxyl groups excluding tert-OH is 1. The Balaban J connectivity index is 1.90. The van der Waals surface area contributed by atoms with Crippen LogP contribution in [0.5, 0.6) is 11.5 Å². The van der Waals surface area contributed by atoms with E-state index in [4.69, 9.17) is 9.47 Å². The summed E-state index contributed by atoms with van der Waals surface area (Å²) >= 11 is 0. The molecular formula is C14H17N3O3. The molecule has 0 amide bonds. The summed E-state index contributed by atoms with van der Waals surface area (Å²) in [7, 11) is 0. The van der Waals surface area contributed by atoms with Crippen molar-refractivity contribution in [2.45, 2.75) is 26.0 Å². The Morgan fingerprint density at radius 2 is 2.10 bits per heavy atom. The Morgan fingerprint density at radius 1 is 1.30 bits per heavy atom. The summed E-state index contributed by atoms with van der Waals surface area (Å²) in [6.45, 7) is 3.88. The Hall–Kier alpha value is -2.08. The lowest BCUT2D eigenvalue weighted by Crippen LogP contribution is -2.16. The Morgan fingerprint density at radius 3 is 2.90 bits per heavy atom. The summed E-state index contributed by atoms with van der Waals surface area (Å²) in [5, 5.41) is 18.4. The number of rotatable bonds is 4. The van der Waals surface area contributed by atoms with E-state index < -0.39 is 6.10 Å². The monoisotopic (exact) mass is 275 g/mol. The maximum atomic E-state index is 10.5. The molecule has 2 heterocycles. The van der Waals surface area contributed by atoms with E-state index in [0.29, 0.717) is 30.4 Å². The van der Waals surface area contributed by atoms with Gasteiger partial charge >= 0.3 is 0 Å². The number of fused-ring (bicyclic) bond motifs is 1. The van der Waals surface area contributed by atoms with Crippen molar-refractivity contribution in [3.05, 3.63) is 35.7 Å². The molecule has 6 heteroatoms. The van der Waals surface area contributed by atoms with Crippen LogP contribution < -0.4 is 9.47 Å². The van der Waals surface area contributed by atoms with Crippen LogP contribution in [-0.4, -0.2) is 33.3 Å². The molecule has 2 aromatic rings. The van der Waals surface area contributed by atoms with Gasteiger partial charge in [0.2, 0.25) is 0 Å². The molecule has 0 fully saturated rings. The van der Waals surface area contributed by atoms with Crippen LogP contribution in [0.1, 0.15) is 30.7 Å². The second-order valence-electron chi connectivity index (χ2n) is 4.69. The van der Waals surface area contributed by atoms with Crippen LogP contribution in [0.3, 0.4) is 0 Å². The van der Waals surface area contributed by atoms with Crippen molar-refractivity contribution in [1.82, 2.24) is 15.0 Å². The molecule has 0 aliphatic carbocycles. The van der Waals surface area contributed by atoms with Crippen molar-refractivity contribution in [2.24, 2.45) is 0 Å². The van der Waals surface area contributed by atoms with Crippen molar-refractivity contribution < 1.29 is 14.6 Å². The van der Waals surface area contributed by atoms with Crippen molar-refractivity contribution in [3.8, 4) is 11.5 Å². The first-order valence-corrected chi connectivity index (χ1v) is 6.75. The maximum absolute atomic E-state index is 10.5. The second-order valence-corrected chi connectivity index (χ2v) is 4.69. The summed E-state index contributed by atoms with van der Waals surface area (Å²) in [4.78, 5) is 0. The molecule has 1 aromatic carbocycles. The van der Waals surface area contributed by atoms with Gasteiger partial charge in [0.1, 0.15) is 19.3 Å². The van der Waals surface area contributed by atoms with Crippen LogP contribution in [0.2, 0.25) is 0 Å². The summed E-state index contributed by atoms with van der Waals surface area (Å²) in [6, 6.07) is 5.46. The van der Waals surface area contributed by atoms with E-state index in [1.54, 1.807) is 10.9 Å². The van der Waals surface area contributed by atoms with E-state index in [1.807, 2.05) is 18.2 Å². The molecule has 0 bridgehead atoms. The minimum Gasteiger partial charge on any atom is -0.486 e. The van der Waals surface area contributed by atoms with Gasteiger partial charge in [0.25, 0.3) is 0 Å². The number of nitrogens with zero attached hydrogens (tertiary/aromatic N) is 3. The molecule has 1 aromatic heterocycles. The third kappa shape index (κ3) is 2.34. The van der Waals surface area contributed by atoms with Crippen molar-refractivity contribution >= 4 is 0 Å². The Bertz CT molecular complexity index is 597. The minimum atomic E-state index is -0.771. The standard InChI is InChI=1S/C14H17N3O3/c1-2-5-17-11(9-15-16-17)14(18)10-3-4-12-13(8-10)20-7-6-19-12/h3-4,8-9,14,18H,2,5-7H2,1H3. The summed E-state index contributed by atoms with van der Waals surface area (Å²) in [5.74, 6) is 1.38. The van der Waals surface area contributed by atoms with Crippen molar-refractivity contribution in [2.75, 3.05) is 13.2 Å². The maximum Gasteiger partial charge on any atom is 0.161 e.